The molecule has 0 bridgehead atoms. The number of carbonyl (C=O) groups excluding carboxylic acids is 4. The molecular formula is C78H148O17P2. The van der Waals surface area contributed by atoms with Gasteiger partial charge in [0.15, 0.2) is 12.2 Å². The Balaban J connectivity index is 5.18. The van der Waals surface area contributed by atoms with Gasteiger partial charge < -0.3 is 33.8 Å². The summed E-state index contributed by atoms with van der Waals surface area (Å²) in [6, 6.07) is 0. The van der Waals surface area contributed by atoms with Crippen LogP contribution in [0, 0.1) is 17.8 Å². The van der Waals surface area contributed by atoms with E-state index >= 15 is 0 Å². The largest absolute Gasteiger partial charge is 0.472 e. The maximum atomic E-state index is 13.1. The summed E-state index contributed by atoms with van der Waals surface area (Å²) in [4.78, 5) is 72.8. The molecule has 0 aromatic rings. The summed E-state index contributed by atoms with van der Waals surface area (Å²) in [6.45, 7) is 11.8. The third-order valence-corrected chi connectivity index (χ3v) is 19.8. The van der Waals surface area contributed by atoms with Crippen molar-refractivity contribution in [3.8, 4) is 0 Å². The summed E-state index contributed by atoms with van der Waals surface area (Å²) in [5.74, 6) is 0.115. The molecule has 0 amide bonds. The smallest absolute Gasteiger partial charge is 0.462 e. The van der Waals surface area contributed by atoms with E-state index in [1.807, 2.05) is 0 Å². The van der Waals surface area contributed by atoms with E-state index in [4.69, 9.17) is 37.0 Å². The van der Waals surface area contributed by atoms with Gasteiger partial charge in [-0.1, -0.05) is 323 Å². The number of hydrogen-bond donors (Lipinski definition) is 3. The van der Waals surface area contributed by atoms with Crippen LogP contribution in [-0.4, -0.2) is 96.7 Å². The van der Waals surface area contributed by atoms with Gasteiger partial charge in [-0.25, -0.2) is 9.13 Å². The van der Waals surface area contributed by atoms with Gasteiger partial charge in [0.05, 0.1) is 26.4 Å². The second-order valence-electron chi connectivity index (χ2n) is 28.6. The summed E-state index contributed by atoms with van der Waals surface area (Å²) in [5.41, 5.74) is 0. The molecule has 0 aromatic heterocycles. The maximum absolute atomic E-state index is 13.1. The molecule has 0 aliphatic rings. The first-order valence-electron chi connectivity index (χ1n) is 39.7. The van der Waals surface area contributed by atoms with Crippen LogP contribution >= 0.6 is 15.6 Å². The Morgan fingerprint density at radius 1 is 0.340 bits per heavy atom. The van der Waals surface area contributed by atoms with E-state index < -0.39 is 97.5 Å². The normalized spacial score (nSPS) is 14.5. The van der Waals surface area contributed by atoms with Gasteiger partial charge in [0, 0.05) is 25.7 Å². The first-order chi connectivity index (χ1) is 46.8. The molecule has 0 saturated heterocycles. The number of ether oxygens (including phenoxy) is 4. The lowest BCUT2D eigenvalue weighted by atomic mass is 9.99. The Morgan fingerprint density at radius 2 is 0.608 bits per heavy atom. The minimum atomic E-state index is -4.96. The standard InChI is InChI=1S/C78H148O17P2/c1-8-10-11-12-13-14-15-16-21-25-28-31-38-45-52-59-75(80)88-65-74(95-78(83)62-55-48-41-34-36-43-50-57-70(5)6)68-93-97(86,87)91-64-72(79)63-90-96(84,85)92-67-73(66-89-76(81)60-53-46-40-33-35-42-49-56-69(3)4)94-77(82)61-54-47-39-32-29-26-23-20-18-17-19-22-24-27-30-37-44-51-58-71(7)9-2/h14-16,21,69-74,79H,8-13,17-20,22-68H2,1-7H3,(H,84,85)(H,86,87)/b15-14-,21-16-/t71?,72?,73-,74-/m1/s1. The highest BCUT2D eigenvalue weighted by atomic mass is 31.2. The van der Waals surface area contributed by atoms with Gasteiger partial charge in [-0.3, -0.25) is 37.3 Å². The molecule has 4 unspecified atom stereocenters. The summed E-state index contributed by atoms with van der Waals surface area (Å²) in [5, 5.41) is 10.6. The molecule has 97 heavy (non-hydrogen) atoms. The fourth-order valence-electron chi connectivity index (χ4n) is 11.4. The Hall–Kier alpha value is -2.46. The highest BCUT2D eigenvalue weighted by molar-refractivity contribution is 7.47. The lowest BCUT2D eigenvalue weighted by Gasteiger charge is -2.21. The lowest BCUT2D eigenvalue weighted by Crippen LogP contribution is -2.30. The summed E-state index contributed by atoms with van der Waals surface area (Å²) in [7, 11) is -9.92. The zero-order chi connectivity index (χ0) is 71.6. The fourth-order valence-corrected chi connectivity index (χ4v) is 13.0. The second-order valence-corrected chi connectivity index (χ2v) is 31.5. The maximum Gasteiger partial charge on any atom is 0.472 e. The van der Waals surface area contributed by atoms with E-state index in [1.165, 1.54) is 161 Å². The number of unbranched alkanes of at least 4 members (excludes halogenated alkanes) is 38. The average Bonchev–Trinajstić information content (AvgIpc) is 0.993. The molecule has 17 nitrogen and oxygen atoms in total. The Bertz CT molecular complexity index is 1980. The molecule has 0 aromatic carbocycles. The van der Waals surface area contributed by atoms with Crippen molar-refractivity contribution in [3.05, 3.63) is 24.3 Å². The van der Waals surface area contributed by atoms with E-state index in [1.54, 1.807) is 0 Å². The Kier molecular flexibility index (Phi) is 66.3. The predicted octanol–water partition coefficient (Wildman–Crippen LogP) is 22.5. The van der Waals surface area contributed by atoms with Crippen LogP contribution in [0.2, 0.25) is 0 Å². The number of rotatable bonds is 74. The Morgan fingerprint density at radius 3 is 0.918 bits per heavy atom. The van der Waals surface area contributed by atoms with Crippen molar-refractivity contribution in [1.82, 2.24) is 0 Å². The van der Waals surface area contributed by atoms with Crippen LogP contribution in [0.3, 0.4) is 0 Å². The van der Waals surface area contributed by atoms with Gasteiger partial charge in [0.1, 0.15) is 19.3 Å². The number of phosphoric ester groups is 2. The van der Waals surface area contributed by atoms with E-state index in [2.05, 4.69) is 72.8 Å². The summed E-state index contributed by atoms with van der Waals surface area (Å²) < 4.78 is 68.4. The van der Waals surface area contributed by atoms with Crippen molar-refractivity contribution in [2.24, 2.45) is 17.8 Å². The molecule has 19 heteroatoms. The third kappa shape index (κ3) is 70.4. The molecule has 0 spiro atoms. The number of aliphatic hydroxyl groups excluding tert-OH is 1. The van der Waals surface area contributed by atoms with E-state index in [-0.39, 0.29) is 25.7 Å². The van der Waals surface area contributed by atoms with Crippen LogP contribution < -0.4 is 0 Å². The molecule has 0 heterocycles. The second kappa shape index (κ2) is 68.0. The van der Waals surface area contributed by atoms with E-state index in [0.29, 0.717) is 37.5 Å². The van der Waals surface area contributed by atoms with Crippen molar-refractivity contribution < 1.29 is 80.2 Å². The first kappa shape index (κ1) is 94.5. The van der Waals surface area contributed by atoms with Gasteiger partial charge in [-0.15, -0.1) is 0 Å². The minimum Gasteiger partial charge on any atom is -0.462 e. The summed E-state index contributed by atoms with van der Waals surface area (Å²) in [6.07, 6.45) is 58.0. The fraction of sp³-hybridized carbons (Fsp3) is 0.897. The molecule has 6 atom stereocenters. The highest BCUT2D eigenvalue weighted by Crippen LogP contribution is 2.45. The predicted molar refractivity (Wildman–Crippen MR) is 395 cm³/mol. The quantitative estimate of drug-likeness (QED) is 0.0169. The molecule has 0 aliphatic carbocycles. The zero-order valence-corrected chi connectivity index (χ0v) is 64.8. The number of hydrogen-bond acceptors (Lipinski definition) is 15. The van der Waals surface area contributed by atoms with Gasteiger partial charge in [-0.05, 0) is 69.1 Å². The van der Waals surface area contributed by atoms with Gasteiger partial charge in [0.25, 0.3) is 0 Å². The van der Waals surface area contributed by atoms with Crippen LogP contribution in [0.1, 0.15) is 376 Å². The molecule has 0 aliphatic heterocycles. The van der Waals surface area contributed by atoms with Crippen molar-refractivity contribution in [2.45, 2.75) is 394 Å². The minimum absolute atomic E-state index is 0.0964. The number of esters is 4. The topological polar surface area (TPSA) is 237 Å². The van der Waals surface area contributed by atoms with Gasteiger partial charge in [-0.2, -0.15) is 0 Å². The number of allylic oxidation sites excluding steroid dienone is 4. The highest BCUT2D eigenvalue weighted by Gasteiger charge is 2.30. The van der Waals surface area contributed by atoms with Crippen molar-refractivity contribution in [3.63, 3.8) is 0 Å². The molecule has 3 N–H and O–H groups in total. The molecule has 0 radical (unpaired) electrons. The zero-order valence-electron chi connectivity index (χ0n) is 63.0. The monoisotopic (exact) mass is 1420 g/mol. The molecule has 0 fully saturated rings. The lowest BCUT2D eigenvalue weighted by molar-refractivity contribution is -0.161. The third-order valence-electron chi connectivity index (χ3n) is 17.9. The van der Waals surface area contributed by atoms with Crippen LogP contribution in [0.5, 0.6) is 0 Å². The van der Waals surface area contributed by atoms with Crippen LogP contribution in [0.15, 0.2) is 24.3 Å². The molecule has 572 valence electrons. The van der Waals surface area contributed by atoms with Crippen LogP contribution in [0.4, 0.5) is 0 Å². The van der Waals surface area contributed by atoms with Crippen LogP contribution in [0.25, 0.3) is 0 Å². The summed E-state index contributed by atoms with van der Waals surface area (Å²) >= 11 is 0. The van der Waals surface area contributed by atoms with Crippen molar-refractivity contribution >= 4 is 39.5 Å². The number of phosphoric acid groups is 2. The Labute approximate surface area is 592 Å². The molecule has 0 saturated carbocycles. The van der Waals surface area contributed by atoms with Crippen molar-refractivity contribution in [2.75, 3.05) is 39.6 Å². The van der Waals surface area contributed by atoms with E-state index in [0.717, 1.165) is 121 Å². The van der Waals surface area contributed by atoms with Gasteiger partial charge >= 0.3 is 39.5 Å². The van der Waals surface area contributed by atoms with Gasteiger partial charge in [0.2, 0.25) is 0 Å². The average molecular weight is 1420 g/mol. The SMILES string of the molecule is CCCCCC/C=C\C=C/CCCCCCCC(=O)OC[C@H](COP(=O)(O)OCC(O)COP(=O)(O)OC[C@@H](COC(=O)CCCCCCCCCC(C)C)OC(=O)CCCCCCCCCCCCCCCCCCCCC(C)CC)OC(=O)CCCCCCCCCC(C)C. The molecule has 0 rings (SSSR count). The number of aliphatic hydroxyl groups is 1. The number of carbonyl (C=O) groups is 4. The van der Waals surface area contributed by atoms with Crippen LogP contribution in [-0.2, 0) is 65.4 Å². The van der Waals surface area contributed by atoms with Crippen molar-refractivity contribution in [1.29, 1.82) is 0 Å². The molecular weight excluding hydrogens is 1270 g/mol. The van der Waals surface area contributed by atoms with E-state index in [9.17, 15) is 43.2 Å². The first-order valence-corrected chi connectivity index (χ1v) is 42.7.